The van der Waals surface area contributed by atoms with Crippen LogP contribution >= 0.6 is 0 Å². The van der Waals surface area contributed by atoms with Crippen LogP contribution in [0.1, 0.15) is 115 Å². The standard InChI is InChI=1S/C34H54O8/c1-9-25(31-21(6)18-34(11-3,42-31)26-16-17-33(40,10-2)23(8)41-26)30(37)22(7)28(35)19(4)12-14-24-15-13-20(5)29(36)27(24)32(38)39/h13,15,19,21-23,25-26,28,31,35-36,40H,9-12,14,16-18H2,1-8H3,(H,38,39)/t19-,21+,22-,23+,25-,26+,28-,31-,33-,34+/m1/s1. The number of ether oxygens (including phenoxy) is 2. The summed E-state index contributed by atoms with van der Waals surface area (Å²) in [6.07, 6.45) is 3.34. The van der Waals surface area contributed by atoms with Crippen LogP contribution in [-0.4, -0.2) is 67.8 Å². The summed E-state index contributed by atoms with van der Waals surface area (Å²) in [7, 11) is 0. The number of hydrogen-bond acceptors (Lipinski definition) is 7. The van der Waals surface area contributed by atoms with Gasteiger partial charge in [0.1, 0.15) is 17.1 Å². The second-order valence-electron chi connectivity index (χ2n) is 13.2. The number of Topliss-reactive ketones (excluding diaryl/α,β-unsaturated/α-hetero) is 1. The van der Waals surface area contributed by atoms with Gasteiger partial charge in [-0.3, -0.25) is 4.79 Å². The van der Waals surface area contributed by atoms with Crippen molar-refractivity contribution in [2.45, 2.75) is 142 Å². The fourth-order valence-electron chi connectivity index (χ4n) is 7.45. The van der Waals surface area contributed by atoms with E-state index in [1.165, 1.54) is 0 Å². The Morgan fingerprint density at radius 3 is 2.33 bits per heavy atom. The van der Waals surface area contributed by atoms with Crippen molar-refractivity contribution >= 4 is 11.8 Å². The van der Waals surface area contributed by atoms with Gasteiger partial charge in [-0.2, -0.15) is 0 Å². The number of rotatable bonds is 13. The monoisotopic (exact) mass is 590 g/mol. The summed E-state index contributed by atoms with van der Waals surface area (Å²) in [4.78, 5) is 25.7. The normalized spacial score (nSPS) is 32.7. The van der Waals surface area contributed by atoms with Crippen LogP contribution in [0.25, 0.3) is 0 Å². The Kier molecular flexibility index (Phi) is 11.3. The number of carbonyl (C=O) groups excluding carboxylic acids is 1. The van der Waals surface area contributed by atoms with E-state index in [-0.39, 0.29) is 53.2 Å². The molecule has 3 rings (SSSR count). The Morgan fingerprint density at radius 2 is 1.79 bits per heavy atom. The Morgan fingerprint density at radius 1 is 1.12 bits per heavy atom. The molecule has 10 atom stereocenters. The van der Waals surface area contributed by atoms with E-state index in [9.17, 15) is 30.0 Å². The fourth-order valence-corrected chi connectivity index (χ4v) is 7.45. The van der Waals surface area contributed by atoms with Crippen molar-refractivity contribution in [1.29, 1.82) is 0 Å². The van der Waals surface area contributed by atoms with Gasteiger partial charge in [0, 0.05) is 11.8 Å². The molecule has 0 aliphatic carbocycles. The van der Waals surface area contributed by atoms with E-state index >= 15 is 0 Å². The number of aliphatic hydroxyl groups is 2. The predicted molar refractivity (Wildman–Crippen MR) is 162 cm³/mol. The Bertz CT molecular complexity index is 1100. The molecule has 2 saturated heterocycles. The summed E-state index contributed by atoms with van der Waals surface area (Å²) < 4.78 is 13.2. The Labute approximate surface area is 251 Å². The molecule has 0 saturated carbocycles. The average Bonchev–Trinajstić information content (AvgIpc) is 3.31. The highest BCUT2D eigenvalue weighted by atomic mass is 16.6. The molecule has 0 bridgehead atoms. The second kappa shape index (κ2) is 13.7. The lowest BCUT2D eigenvalue weighted by molar-refractivity contribution is -0.229. The van der Waals surface area contributed by atoms with Gasteiger partial charge in [-0.1, -0.05) is 53.7 Å². The molecule has 0 amide bonds. The first-order chi connectivity index (χ1) is 19.7. The molecular weight excluding hydrogens is 536 g/mol. The minimum Gasteiger partial charge on any atom is -0.507 e. The van der Waals surface area contributed by atoms with Crippen molar-refractivity contribution in [2.75, 3.05) is 0 Å². The van der Waals surface area contributed by atoms with Crippen LogP contribution in [0, 0.1) is 30.6 Å². The summed E-state index contributed by atoms with van der Waals surface area (Å²) in [6.45, 7) is 15.4. The maximum Gasteiger partial charge on any atom is 0.339 e. The first kappa shape index (κ1) is 34.5. The lowest BCUT2D eigenvalue weighted by atomic mass is 9.76. The van der Waals surface area contributed by atoms with Gasteiger partial charge < -0.3 is 29.9 Å². The van der Waals surface area contributed by atoms with Gasteiger partial charge in [0.2, 0.25) is 0 Å². The van der Waals surface area contributed by atoms with Crippen molar-refractivity contribution in [3.05, 3.63) is 28.8 Å². The number of hydrogen-bond donors (Lipinski definition) is 4. The van der Waals surface area contributed by atoms with Gasteiger partial charge in [0.25, 0.3) is 0 Å². The maximum absolute atomic E-state index is 13.9. The van der Waals surface area contributed by atoms with Crippen molar-refractivity contribution < 1.29 is 39.5 Å². The topological polar surface area (TPSA) is 134 Å². The highest BCUT2D eigenvalue weighted by Crippen LogP contribution is 2.48. The molecule has 2 fully saturated rings. The van der Waals surface area contributed by atoms with Crippen molar-refractivity contribution in [3.8, 4) is 5.75 Å². The molecular formula is C34H54O8. The van der Waals surface area contributed by atoms with Crippen LogP contribution in [0.15, 0.2) is 12.1 Å². The number of aromatic carboxylic acids is 1. The van der Waals surface area contributed by atoms with Gasteiger partial charge in [-0.25, -0.2) is 4.79 Å². The predicted octanol–water partition coefficient (Wildman–Crippen LogP) is 5.84. The largest absolute Gasteiger partial charge is 0.507 e. The lowest BCUT2D eigenvalue weighted by Crippen LogP contribution is -2.55. The van der Waals surface area contributed by atoms with Gasteiger partial charge in [0.15, 0.2) is 0 Å². The van der Waals surface area contributed by atoms with Crippen LogP contribution in [0.5, 0.6) is 5.75 Å². The molecule has 2 aliphatic heterocycles. The molecule has 8 nitrogen and oxygen atoms in total. The Balaban J connectivity index is 1.69. The first-order valence-electron chi connectivity index (χ1n) is 16.0. The van der Waals surface area contributed by atoms with Gasteiger partial charge in [-0.15, -0.1) is 0 Å². The second-order valence-corrected chi connectivity index (χ2v) is 13.2. The molecule has 238 valence electrons. The number of benzene rings is 1. The third-order valence-electron chi connectivity index (χ3n) is 10.7. The van der Waals surface area contributed by atoms with Crippen LogP contribution in [0.2, 0.25) is 0 Å². The molecule has 8 heteroatoms. The minimum absolute atomic E-state index is 0.0157. The van der Waals surface area contributed by atoms with E-state index < -0.39 is 29.2 Å². The Hall–Kier alpha value is -2.00. The zero-order valence-corrected chi connectivity index (χ0v) is 26.9. The summed E-state index contributed by atoms with van der Waals surface area (Å²) in [5.41, 5.74) is -0.437. The third-order valence-corrected chi connectivity index (χ3v) is 10.7. The van der Waals surface area contributed by atoms with Crippen LogP contribution < -0.4 is 0 Å². The number of carboxylic acids is 1. The number of carboxylic acid groups (broad SMARTS) is 1. The maximum atomic E-state index is 13.9. The van der Waals surface area contributed by atoms with E-state index in [0.29, 0.717) is 49.7 Å². The number of aryl methyl sites for hydroxylation is 2. The highest BCUT2D eigenvalue weighted by Gasteiger charge is 2.55. The summed E-state index contributed by atoms with van der Waals surface area (Å²) >= 11 is 0. The molecule has 2 aliphatic rings. The fraction of sp³-hybridized carbons (Fsp3) is 0.765. The molecule has 0 unspecified atom stereocenters. The van der Waals surface area contributed by atoms with Crippen molar-refractivity contribution in [3.63, 3.8) is 0 Å². The zero-order valence-electron chi connectivity index (χ0n) is 26.9. The van der Waals surface area contributed by atoms with E-state index in [0.717, 1.165) is 12.8 Å². The third kappa shape index (κ3) is 6.72. The number of carbonyl (C=O) groups is 2. The molecule has 0 spiro atoms. The van der Waals surface area contributed by atoms with Gasteiger partial charge in [-0.05, 0) is 88.2 Å². The van der Waals surface area contributed by atoms with Crippen LogP contribution in [-0.2, 0) is 20.7 Å². The highest BCUT2D eigenvalue weighted by molar-refractivity contribution is 5.93. The number of aromatic hydroxyl groups is 1. The lowest BCUT2D eigenvalue weighted by Gasteiger charge is -2.47. The summed E-state index contributed by atoms with van der Waals surface area (Å²) in [5, 5.41) is 42.1. The van der Waals surface area contributed by atoms with Gasteiger partial charge >= 0.3 is 5.97 Å². The van der Waals surface area contributed by atoms with Crippen LogP contribution in [0.3, 0.4) is 0 Å². The van der Waals surface area contributed by atoms with E-state index in [2.05, 4.69) is 13.8 Å². The molecule has 0 aromatic heterocycles. The zero-order chi connectivity index (χ0) is 31.6. The molecule has 2 heterocycles. The molecule has 4 N–H and O–H groups in total. The van der Waals surface area contributed by atoms with Gasteiger partial charge in [0.05, 0.1) is 35.6 Å². The summed E-state index contributed by atoms with van der Waals surface area (Å²) in [5.74, 6) is -2.55. The van der Waals surface area contributed by atoms with E-state index in [1.807, 2.05) is 27.7 Å². The average molecular weight is 591 g/mol. The quantitative estimate of drug-likeness (QED) is 0.225. The molecule has 42 heavy (non-hydrogen) atoms. The number of phenols is 1. The van der Waals surface area contributed by atoms with Crippen molar-refractivity contribution in [2.24, 2.45) is 23.7 Å². The minimum atomic E-state index is -1.18. The van der Waals surface area contributed by atoms with E-state index in [4.69, 9.17) is 9.47 Å². The SMILES string of the molecule is CC[C@H](C(=O)[C@H](C)[C@H](O)[C@H](C)CCc1ccc(C)c(O)c1C(=O)O)[C@@H]1O[C@](CC)([C@@H]2CC[C@](O)(CC)[C@H](C)O2)C[C@@H]1C. The number of ketones is 1. The van der Waals surface area contributed by atoms with E-state index in [1.54, 1.807) is 26.0 Å². The molecule has 0 radical (unpaired) electrons. The molecule has 1 aromatic rings. The summed E-state index contributed by atoms with van der Waals surface area (Å²) in [6, 6.07) is 3.40. The number of aliphatic hydroxyl groups excluding tert-OH is 1. The first-order valence-corrected chi connectivity index (χ1v) is 16.0. The smallest absolute Gasteiger partial charge is 0.339 e. The molecule has 1 aromatic carbocycles. The van der Waals surface area contributed by atoms with Crippen molar-refractivity contribution in [1.82, 2.24) is 0 Å². The van der Waals surface area contributed by atoms with Crippen LogP contribution in [0.4, 0.5) is 0 Å².